The van der Waals surface area contributed by atoms with Gasteiger partial charge < -0.3 is 4.57 Å². The van der Waals surface area contributed by atoms with Crippen LogP contribution in [0.2, 0.25) is 0 Å². The lowest BCUT2D eigenvalue weighted by Gasteiger charge is -2.17. The average Bonchev–Trinajstić information content (AvgIpc) is 3.98. The number of para-hydroxylation sites is 2. The third kappa shape index (κ3) is 6.79. The van der Waals surface area contributed by atoms with E-state index in [1.165, 1.54) is 47.5 Å². The predicted molar refractivity (Wildman–Crippen MR) is 285 cm³/mol. The molecular weight excluding hydrogens is 845 g/mol. The average molecular weight is 885 g/mol. The fourth-order valence-corrected chi connectivity index (χ4v) is 11.3. The molecule has 0 N–H and O–H groups in total. The summed E-state index contributed by atoms with van der Waals surface area (Å²) in [6.45, 7) is 0. The second-order valence-electron chi connectivity index (χ2n) is 17.1. The zero-order chi connectivity index (χ0) is 45.0. The highest BCUT2D eigenvalue weighted by molar-refractivity contribution is 7.27. The summed E-state index contributed by atoms with van der Waals surface area (Å²) >= 11 is 1.87. The van der Waals surface area contributed by atoms with E-state index < -0.39 is 0 Å². The molecule has 3 aromatic heterocycles. The molecule has 13 rings (SSSR count). The van der Waals surface area contributed by atoms with E-state index in [2.05, 4.69) is 211 Å². The number of hydrogen-bond acceptors (Lipinski definition) is 4. The van der Waals surface area contributed by atoms with Crippen LogP contribution in [0.3, 0.4) is 0 Å². The van der Waals surface area contributed by atoms with Crippen LogP contribution in [-0.2, 0) is 0 Å². The second kappa shape index (κ2) is 16.6. The van der Waals surface area contributed by atoms with Gasteiger partial charge in [-0.25, -0.2) is 15.0 Å². The van der Waals surface area contributed by atoms with Gasteiger partial charge in [0.05, 0.1) is 15.7 Å². The first-order chi connectivity index (χ1) is 33.7. The van der Waals surface area contributed by atoms with Crippen LogP contribution in [0.1, 0.15) is 0 Å². The minimum Gasteiger partial charge on any atom is -0.308 e. The van der Waals surface area contributed by atoms with Gasteiger partial charge in [0.1, 0.15) is 0 Å². The summed E-state index contributed by atoms with van der Waals surface area (Å²) in [5, 5.41) is 4.94. The Morgan fingerprint density at radius 3 is 1.49 bits per heavy atom. The first kappa shape index (κ1) is 39.6. The minimum atomic E-state index is 0.611. The number of hydrogen-bond donors (Lipinski definition) is 0. The van der Waals surface area contributed by atoms with Crippen molar-refractivity contribution in [3.63, 3.8) is 0 Å². The van der Waals surface area contributed by atoms with Crippen LogP contribution < -0.4 is 0 Å². The Labute approximate surface area is 397 Å². The Hall–Kier alpha value is -8.77. The molecule has 13 aromatic rings. The van der Waals surface area contributed by atoms with Crippen molar-refractivity contribution in [1.82, 2.24) is 19.5 Å². The number of aromatic nitrogens is 4. The van der Waals surface area contributed by atoms with E-state index in [9.17, 15) is 0 Å². The molecule has 0 fully saturated rings. The lowest BCUT2D eigenvalue weighted by atomic mass is 9.88. The van der Waals surface area contributed by atoms with Crippen LogP contribution in [0.25, 0.3) is 126 Å². The topological polar surface area (TPSA) is 43.6 Å². The zero-order valence-electron chi connectivity index (χ0n) is 36.8. The molecule has 3 heterocycles. The number of thiophene rings is 1. The standard InChI is InChI=1S/C63H40N4S/c1-6-19-41(20-7-1)45-33-35-48(42-21-8-2-9-22-42)55(39-45)46-34-36-49(56(40-46)63-65-61(43-23-10-3-11-24-43)64-62(66-63)44-25-12-4-13-26-44)52-30-18-31-53-54-38-37-51-50-29-16-17-32-57(50)67(47-27-14-5-15-28-47)58(51)60(54)68-59(52)53/h1-40H. The number of benzene rings is 10. The van der Waals surface area contributed by atoms with Gasteiger partial charge in [-0.15, -0.1) is 11.3 Å². The van der Waals surface area contributed by atoms with Gasteiger partial charge in [0.15, 0.2) is 17.5 Å². The highest BCUT2D eigenvalue weighted by atomic mass is 32.1. The molecule has 68 heavy (non-hydrogen) atoms. The van der Waals surface area contributed by atoms with Crippen LogP contribution in [0.4, 0.5) is 0 Å². The molecule has 0 aliphatic heterocycles. The summed E-state index contributed by atoms with van der Waals surface area (Å²) in [7, 11) is 0. The number of fused-ring (bicyclic) bond motifs is 7. The van der Waals surface area contributed by atoms with E-state index in [0.717, 1.165) is 61.3 Å². The Bertz CT molecular complexity index is 3940. The van der Waals surface area contributed by atoms with Crippen molar-refractivity contribution < 1.29 is 0 Å². The van der Waals surface area contributed by atoms with Crippen molar-refractivity contribution in [2.45, 2.75) is 0 Å². The highest BCUT2D eigenvalue weighted by Gasteiger charge is 2.23. The van der Waals surface area contributed by atoms with Gasteiger partial charge in [-0.1, -0.05) is 212 Å². The molecule has 0 unspecified atom stereocenters. The first-order valence-corrected chi connectivity index (χ1v) is 23.7. The Balaban J connectivity index is 1.10. The van der Waals surface area contributed by atoms with E-state index in [1.54, 1.807) is 0 Å². The zero-order valence-corrected chi connectivity index (χ0v) is 37.6. The molecule has 0 saturated heterocycles. The molecule has 0 aliphatic carbocycles. The molecule has 0 saturated carbocycles. The maximum Gasteiger partial charge on any atom is 0.164 e. The summed E-state index contributed by atoms with van der Waals surface area (Å²) in [5.74, 6) is 1.86. The molecule has 4 nitrogen and oxygen atoms in total. The third-order valence-corrected chi connectivity index (χ3v) is 14.3. The smallest absolute Gasteiger partial charge is 0.164 e. The SMILES string of the molecule is c1ccc(-c2ccc(-c3ccccc3)c(-c3ccc(-c4cccc5c4sc4c5ccc5c6ccccc6n(-c6ccccc6)c54)c(-c4nc(-c5ccccc5)nc(-c5ccccc5)n4)c3)c2)cc1. The highest BCUT2D eigenvalue weighted by Crippen LogP contribution is 2.48. The van der Waals surface area contributed by atoms with Crippen LogP contribution in [0.5, 0.6) is 0 Å². The molecule has 318 valence electrons. The largest absolute Gasteiger partial charge is 0.308 e. The molecular formula is C63H40N4S. The molecule has 0 atom stereocenters. The fourth-order valence-electron chi connectivity index (χ4n) is 9.88. The molecule has 0 amide bonds. The summed E-state index contributed by atoms with van der Waals surface area (Å²) in [6.07, 6.45) is 0. The van der Waals surface area contributed by atoms with Gasteiger partial charge in [-0.05, 0) is 69.3 Å². The Kier molecular flexibility index (Phi) is 9.66. The lowest BCUT2D eigenvalue weighted by Crippen LogP contribution is -2.01. The lowest BCUT2D eigenvalue weighted by molar-refractivity contribution is 1.07. The fraction of sp³-hybridized carbons (Fsp3) is 0. The summed E-state index contributed by atoms with van der Waals surface area (Å²) in [4.78, 5) is 15.9. The van der Waals surface area contributed by atoms with Gasteiger partial charge in [0.2, 0.25) is 0 Å². The molecule has 10 aromatic carbocycles. The van der Waals surface area contributed by atoms with Crippen LogP contribution in [0, 0.1) is 0 Å². The Morgan fingerprint density at radius 1 is 0.279 bits per heavy atom. The molecule has 5 heteroatoms. The van der Waals surface area contributed by atoms with E-state index in [4.69, 9.17) is 15.0 Å². The quantitative estimate of drug-likeness (QED) is 0.153. The van der Waals surface area contributed by atoms with Crippen LogP contribution in [-0.4, -0.2) is 19.5 Å². The minimum absolute atomic E-state index is 0.611. The van der Waals surface area contributed by atoms with E-state index in [1.807, 2.05) is 47.7 Å². The normalized spacial score (nSPS) is 11.5. The maximum absolute atomic E-state index is 5.38. The molecule has 0 aliphatic rings. The van der Waals surface area contributed by atoms with Crippen molar-refractivity contribution in [2.24, 2.45) is 0 Å². The van der Waals surface area contributed by atoms with Crippen molar-refractivity contribution in [2.75, 3.05) is 0 Å². The van der Waals surface area contributed by atoms with Crippen LogP contribution >= 0.6 is 11.3 Å². The van der Waals surface area contributed by atoms with E-state index in [0.29, 0.717) is 17.5 Å². The van der Waals surface area contributed by atoms with Crippen molar-refractivity contribution >= 4 is 53.3 Å². The van der Waals surface area contributed by atoms with Gasteiger partial charge in [-0.2, -0.15) is 0 Å². The summed E-state index contributed by atoms with van der Waals surface area (Å²) < 4.78 is 4.91. The first-order valence-electron chi connectivity index (χ1n) is 22.9. The van der Waals surface area contributed by atoms with Crippen molar-refractivity contribution in [1.29, 1.82) is 0 Å². The van der Waals surface area contributed by atoms with Gasteiger partial charge in [0, 0.05) is 54.2 Å². The number of nitrogens with zero attached hydrogens (tertiary/aromatic N) is 4. The number of rotatable bonds is 8. The molecule has 0 bridgehead atoms. The van der Waals surface area contributed by atoms with Gasteiger partial charge >= 0.3 is 0 Å². The molecule has 0 radical (unpaired) electrons. The van der Waals surface area contributed by atoms with Gasteiger partial charge in [0.25, 0.3) is 0 Å². The summed E-state index contributed by atoms with van der Waals surface area (Å²) in [6, 6.07) is 86.4. The van der Waals surface area contributed by atoms with Crippen LogP contribution in [0.15, 0.2) is 243 Å². The van der Waals surface area contributed by atoms with Gasteiger partial charge in [-0.3, -0.25) is 0 Å². The second-order valence-corrected chi connectivity index (χ2v) is 18.1. The van der Waals surface area contributed by atoms with Crippen molar-refractivity contribution in [3.05, 3.63) is 243 Å². The summed E-state index contributed by atoms with van der Waals surface area (Å²) in [5.41, 5.74) is 15.3. The maximum atomic E-state index is 5.38. The molecule has 0 spiro atoms. The van der Waals surface area contributed by atoms with E-state index >= 15 is 0 Å². The van der Waals surface area contributed by atoms with E-state index in [-0.39, 0.29) is 0 Å². The third-order valence-electron chi connectivity index (χ3n) is 13.1. The van der Waals surface area contributed by atoms with Crippen molar-refractivity contribution in [3.8, 4) is 84.4 Å². The monoisotopic (exact) mass is 884 g/mol. The Morgan fingerprint density at radius 2 is 0.794 bits per heavy atom. The predicted octanol–water partition coefficient (Wildman–Crippen LogP) is 17.0.